The number of nitrogens with one attached hydrogen (secondary N) is 1. The number of rotatable bonds is 9. The van der Waals surface area contributed by atoms with Gasteiger partial charge in [-0.25, -0.2) is 0 Å². The predicted molar refractivity (Wildman–Crippen MR) is 95.0 cm³/mol. The minimum Gasteiger partial charge on any atom is -0.493 e. The first-order chi connectivity index (χ1) is 11.3. The molecule has 2 rings (SSSR count). The van der Waals surface area contributed by atoms with Crippen LogP contribution in [0.15, 0.2) is 61.2 Å². The molecule has 3 heteroatoms. The SMILES string of the molecule is C=CCOc1ccc(CNC(CC)c2ccccc2)cc1OC. The first-order valence-corrected chi connectivity index (χ1v) is 7.97. The zero-order valence-corrected chi connectivity index (χ0v) is 13.9. The Labute approximate surface area is 138 Å². The Morgan fingerprint density at radius 3 is 2.57 bits per heavy atom. The second-order valence-electron chi connectivity index (χ2n) is 5.34. The van der Waals surface area contributed by atoms with Crippen LogP contribution in [-0.4, -0.2) is 13.7 Å². The molecule has 0 aliphatic heterocycles. The van der Waals surface area contributed by atoms with Crippen molar-refractivity contribution in [3.05, 3.63) is 72.3 Å². The van der Waals surface area contributed by atoms with Crippen LogP contribution in [0.5, 0.6) is 11.5 Å². The van der Waals surface area contributed by atoms with E-state index in [0.29, 0.717) is 12.6 Å². The van der Waals surface area contributed by atoms with Gasteiger partial charge < -0.3 is 14.8 Å². The summed E-state index contributed by atoms with van der Waals surface area (Å²) in [4.78, 5) is 0. The Hall–Kier alpha value is -2.26. The van der Waals surface area contributed by atoms with E-state index in [1.807, 2.05) is 18.2 Å². The van der Waals surface area contributed by atoms with Crippen molar-refractivity contribution in [3.8, 4) is 11.5 Å². The van der Waals surface area contributed by atoms with Gasteiger partial charge in [-0.15, -0.1) is 0 Å². The van der Waals surface area contributed by atoms with Crippen molar-refractivity contribution >= 4 is 0 Å². The number of hydrogen-bond acceptors (Lipinski definition) is 3. The standard InChI is InChI=1S/C20H25NO2/c1-4-13-23-19-12-11-16(14-20(19)22-3)15-21-18(5-2)17-9-7-6-8-10-17/h4,6-12,14,18,21H,1,5,13,15H2,2-3H3. The highest BCUT2D eigenvalue weighted by molar-refractivity contribution is 5.43. The molecule has 0 aromatic heterocycles. The second-order valence-corrected chi connectivity index (χ2v) is 5.34. The molecule has 0 heterocycles. The number of hydrogen-bond donors (Lipinski definition) is 1. The molecule has 0 radical (unpaired) electrons. The fourth-order valence-electron chi connectivity index (χ4n) is 2.51. The zero-order valence-electron chi connectivity index (χ0n) is 13.9. The summed E-state index contributed by atoms with van der Waals surface area (Å²) < 4.78 is 11.0. The Morgan fingerprint density at radius 2 is 1.91 bits per heavy atom. The van der Waals surface area contributed by atoms with Gasteiger partial charge in [0.2, 0.25) is 0 Å². The molecule has 1 N–H and O–H groups in total. The summed E-state index contributed by atoms with van der Waals surface area (Å²) >= 11 is 0. The minimum atomic E-state index is 0.346. The topological polar surface area (TPSA) is 30.5 Å². The molecule has 1 unspecified atom stereocenters. The molecule has 0 bridgehead atoms. The van der Waals surface area contributed by atoms with Crippen LogP contribution in [0.25, 0.3) is 0 Å². The third-order valence-electron chi connectivity index (χ3n) is 3.75. The monoisotopic (exact) mass is 311 g/mol. The largest absolute Gasteiger partial charge is 0.493 e. The fraction of sp³-hybridized carbons (Fsp3) is 0.300. The summed E-state index contributed by atoms with van der Waals surface area (Å²) in [5, 5.41) is 3.60. The van der Waals surface area contributed by atoms with E-state index in [2.05, 4.69) is 49.2 Å². The van der Waals surface area contributed by atoms with Crippen LogP contribution in [0.2, 0.25) is 0 Å². The van der Waals surface area contributed by atoms with Gasteiger partial charge in [0, 0.05) is 12.6 Å². The van der Waals surface area contributed by atoms with Crippen molar-refractivity contribution in [2.75, 3.05) is 13.7 Å². The second kappa shape index (κ2) is 9.01. The van der Waals surface area contributed by atoms with Crippen LogP contribution in [0.3, 0.4) is 0 Å². The molecule has 0 aliphatic rings. The highest BCUT2D eigenvalue weighted by atomic mass is 16.5. The normalized spacial score (nSPS) is 11.7. The van der Waals surface area contributed by atoms with Gasteiger partial charge in [0.15, 0.2) is 11.5 Å². The van der Waals surface area contributed by atoms with E-state index in [9.17, 15) is 0 Å². The lowest BCUT2D eigenvalue weighted by atomic mass is 10.0. The minimum absolute atomic E-state index is 0.346. The quantitative estimate of drug-likeness (QED) is 0.692. The molecular weight excluding hydrogens is 286 g/mol. The third kappa shape index (κ3) is 4.86. The van der Waals surface area contributed by atoms with Crippen LogP contribution in [-0.2, 0) is 6.54 Å². The van der Waals surface area contributed by atoms with E-state index >= 15 is 0 Å². The molecular formula is C20H25NO2. The first kappa shape index (κ1) is 17.1. The van der Waals surface area contributed by atoms with Gasteiger partial charge in [0.1, 0.15) is 6.61 Å². The smallest absolute Gasteiger partial charge is 0.161 e. The van der Waals surface area contributed by atoms with Gasteiger partial charge in [0.25, 0.3) is 0 Å². The third-order valence-corrected chi connectivity index (χ3v) is 3.75. The molecule has 0 saturated carbocycles. The van der Waals surface area contributed by atoms with Gasteiger partial charge >= 0.3 is 0 Å². The number of methoxy groups -OCH3 is 1. The molecule has 2 aromatic carbocycles. The van der Waals surface area contributed by atoms with Crippen molar-refractivity contribution in [2.45, 2.75) is 25.9 Å². The average Bonchev–Trinajstić information content (AvgIpc) is 2.61. The molecule has 0 aliphatic carbocycles. The summed E-state index contributed by atoms with van der Waals surface area (Å²) in [5.41, 5.74) is 2.48. The van der Waals surface area contributed by atoms with Crippen molar-refractivity contribution in [1.82, 2.24) is 5.32 Å². The Balaban J connectivity index is 2.03. The molecule has 1 atom stereocenters. The molecule has 0 spiro atoms. The summed E-state index contributed by atoms with van der Waals surface area (Å²) in [5.74, 6) is 1.49. The first-order valence-electron chi connectivity index (χ1n) is 7.97. The summed E-state index contributed by atoms with van der Waals surface area (Å²) in [6.45, 7) is 7.11. The van der Waals surface area contributed by atoms with Crippen LogP contribution in [0.4, 0.5) is 0 Å². The molecule has 23 heavy (non-hydrogen) atoms. The highest BCUT2D eigenvalue weighted by Gasteiger charge is 2.10. The van der Waals surface area contributed by atoms with E-state index in [1.54, 1.807) is 13.2 Å². The Bertz CT molecular complexity index is 610. The van der Waals surface area contributed by atoms with Crippen LogP contribution in [0, 0.1) is 0 Å². The lowest BCUT2D eigenvalue weighted by molar-refractivity contribution is 0.326. The lowest BCUT2D eigenvalue weighted by Gasteiger charge is -2.18. The van der Waals surface area contributed by atoms with Gasteiger partial charge in [-0.05, 0) is 29.7 Å². The van der Waals surface area contributed by atoms with Gasteiger partial charge in [-0.2, -0.15) is 0 Å². The summed E-state index contributed by atoms with van der Waals surface area (Å²) in [6, 6.07) is 16.9. The molecule has 0 fully saturated rings. The zero-order chi connectivity index (χ0) is 16.5. The van der Waals surface area contributed by atoms with Crippen molar-refractivity contribution < 1.29 is 9.47 Å². The lowest BCUT2D eigenvalue weighted by Crippen LogP contribution is -2.20. The van der Waals surface area contributed by atoms with Crippen LogP contribution < -0.4 is 14.8 Å². The maximum Gasteiger partial charge on any atom is 0.161 e. The maximum absolute atomic E-state index is 5.58. The van der Waals surface area contributed by atoms with Gasteiger partial charge in [0.05, 0.1) is 7.11 Å². The molecule has 122 valence electrons. The van der Waals surface area contributed by atoms with E-state index in [1.165, 1.54) is 11.1 Å². The van der Waals surface area contributed by atoms with Gasteiger partial charge in [-0.3, -0.25) is 0 Å². The molecule has 0 saturated heterocycles. The number of ether oxygens (including phenoxy) is 2. The van der Waals surface area contributed by atoms with Crippen LogP contribution >= 0.6 is 0 Å². The predicted octanol–water partition coefficient (Wildman–Crippen LogP) is 4.50. The molecule has 2 aromatic rings. The van der Waals surface area contributed by atoms with E-state index < -0.39 is 0 Å². The Morgan fingerprint density at radius 1 is 1.13 bits per heavy atom. The summed E-state index contributed by atoms with van der Waals surface area (Å²) in [7, 11) is 1.66. The van der Waals surface area contributed by atoms with Crippen LogP contribution in [0.1, 0.15) is 30.5 Å². The number of benzene rings is 2. The fourth-order valence-corrected chi connectivity index (χ4v) is 2.51. The van der Waals surface area contributed by atoms with Gasteiger partial charge in [-0.1, -0.05) is 56.0 Å². The van der Waals surface area contributed by atoms with Crippen molar-refractivity contribution in [1.29, 1.82) is 0 Å². The maximum atomic E-state index is 5.58. The van der Waals surface area contributed by atoms with Crippen molar-refractivity contribution in [2.24, 2.45) is 0 Å². The average molecular weight is 311 g/mol. The van der Waals surface area contributed by atoms with E-state index in [-0.39, 0.29) is 0 Å². The van der Waals surface area contributed by atoms with Crippen molar-refractivity contribution in [3.63, 3.8) is 0 Å². The van der Waals surface area contributed by atoms with E-state index in [0.717, 1.165) is 24.5 Å². The summed E-state index contributed by atoms with van der Waals surface area (Å²) in [6.07, 6.45) is 2.77. The molecule has 3 nitrogen and oxygen atoms in total. The van der Waals surface area contributed by atoms with E-state index in [4.69, 9.17) is 9.47 Å². The Kier molecular flexibility index (Phi) is 6.70. The molecule has 0 amide bonds. The highest BCUT2D eigenvalue weighted by Crippen LogP contribution is 2.28.